The van der Waals surface area contributed by atoms with Crippen molar-refractivity contribution in [1.82, 2.24) is 5.32 Å². The average molecular weight is 424 g/mol. The number of ketones is 1. The minimum Gasteiger partial charge on any atom is -0.497 e. The summed E-state index contributed by atoms with van der Waals surface area (Å²) in [5.41, 5.74) is -0.581. The first-order valence-electron chi connectivity index (χ1n) is 8.47. The van der Waals surface area contributed by atoms with E-state index in [1.165, 1.54) is 0 Å². The zero-order chi connectivity index (χ0) is 19.2. The molecule has 1 amide bonds. The molecule has 26 heavy (non-hydrogen) atoms. The Morgan fingerprint density at radius 3 is 2.35 bits per heavy atom. The molecule has 1 aromatic carbocycles. The second kappa shape index (κ2) is 8.98. The topological polar surface area (TPSA) is 81.7 Å². The maximum absolute atomic E-state index is 12.4. The predicted octanol–water partition coefficient (Wildman–Crippen LogP) is 3.15. The summed E-state index contributed by atoms with van der Waals surface area (Å²) in [5, 5.41) is 2.74. The second-order valence-corrected chi connectivity index (χ2v) is 6.90. The first-order valence-corrected chi connectivity index (χ1v) is 9.26. The molecule has 6 nitrogen and oxygen atoms in total. The van der Waals surface area contributed by atoms with E-state index in [1.807, 2.05) is 0 Å². The molecule has 0 bridgehead atoms. The van der Waals surface area contributed by atoms with Gasteiger partial charge < -0.3 is 14.8 Å². The fourth-order valence-corrected chi connectivity index (χ4v) is 3.40. The molecule has 1 aliphatic rings. The van der Waals surface area contributed by atoms with Gasteiger partial charge in [-0.05, 0) is 60.0 Å². The third-order valence-electron chi connectivity index (χ3n) is 4.31. The van der Waals surface area contributed by atoms with Crippen LogP contribution in [0.3, 0.4) is 0 Å². The van der Waals surface area contributed by atoms with E-state index >= 15 is 0 Å². The molecule has 140 valence electrons. The van der Waals surface area contributed by atoms with Gasteiger partial charge in [-0.2, -0.15) is 0 Å². The van der Waals surface area contributed by atoms with Crippen LogP contribution in [0, 0.1) is 0 Å². The van der Waals surface area contributed by atoms with Gasteiger partial charge in [0.15, 0.2) is 5.78 Å². The zero-order valence-electron chi connectivity index (χ0n) is 14.8. The summed E-state index contributed by atoms with van der Waals surface area (Å²) < 4.78 is 10.3. The number of carbonyl (C=O) groups is 3. The number of allylic oxidation sites excluding steroid dienone is 1. The van der Waals surface area contributed by atoms with E-state index in [-0.39, 0.29) is 16.9 Å². The van der Waals surface area contributed by atoms with Gasteiger partial charge >= 0.3 is 5.97 Å². The average Bonchev–Trinajstić information content (AvgIpc) is 3.11. The number of halogens is 1. The maximum Gasteiger partial charge on any atom is 0.331 e. The van der Waals surface area contributed by atoms with Gasteiger partial charge in [0.05, 0.1) is 18.2 Å². The number of methoxy groups -OCH3 is 1. The van der Waals surface area contributed by atoms with Crippen molar-refractivity contribution >= 4 is 33.6 Å². The van der Waals surface area contributed by atoms with E-state index in [0.717, 1.165) is 18.9 Å². The molecular formula is C19H22BrNO5. The van der Waals surface area contributed by atoms with E-state index < -0.39 is 17.4 Å². The molecular weight excluding hydrogens is 402 g/mol. The largest absolute Gasteiger partial charge is 0.497 e. The Balaban J connectivity index is 2.10. The van der Waals surface area contributed by atoms with Crippen molar-refractivity contribution in [2.24, 2.45) is 0 Å². The molecule has 0 aliphatic heterocycles. The number of Topliss-reactive ketones (excluding diaryl/α,β-unsaturated/α-hetero) is 1. The number of benzene rings is 1. The molecule has 0 radical (unpaired) electrons. The van der Waals surface area contributed by atoms with Crippen molar-refractivity contribution in [3.63, 3.8) is 0 Å². The summed E-state index contributed by atoms with van der Waals surface area (Å²) >= 11 is 3.15. The number of esters is 1. The summed E-state index contributed by atoms with van der Waals surface area (Å²) in [5.74, 6) is -0.623. The van der Waals surface area contributed by atoms with Gasteiger partial charge in [-0.15, -0.1) is 0 Å². The third-order valence-corrected chi connectivity index (χ3v) is 4.90. The molecule has 0 aromatic heterocycles. The highest BCUT2D eigenvalue weighted by molar-refractivity contribution is 9.12. The van der Waals surface area contributed by atoms with E-state index in [1.54, 1.807) is 38.3 Å². The summed E-state index contributed by atoms with van der Waals surface area (Å²) in [4.78, 5) is 37.0. The lowest BCUT2D eigenvalue weighted by atomic mass is 9.97. The molecule has 0 atom stereocenters. The fraction of sp³-hybridized carbons (Fsp3) is 0.421. The Bertz CT molecular complexity index is 705. The Labute approximate surface area is 161 Å². The molecule has 1 saturated carbocycles. The minimum atomic E-state index is -1.000. The van der Waals surface area contributed by atoms with Gasteiger partial charge in [-0.1, -0.05) is 12.8 Å². The summed E-state index contributed by atoms with van der Waals surface area (Å²) in [6, 6.07) is 6.57. The van der Waals surface area contributed by atoms with Gasteiger partial charge in [-0.3, -0.25) is 9.59 Å². The highest BCUT2D eigenvalue weighted by Gasteiger charge is 2.43. The molecule has 2 rings (SSSR count). The van der Waals surface area contributed by atoms with Crippen molar-refractivity contribution in [3.8, 4) is 5.75 Å². The third kappa shape index (κ3) is 4.72. The van der Waals surface area contributed by atoms with E-state index in [4.69, 9.17) is 9.47 Å². The van der Waals surface area contributed by atoms with Gasteiger partial charge in [0.1, 0.15) is 11.3 Å². The quantitative estimate of drug-likeness (QED) is 0.413. The number of hydrogen-bond donors (Lipinski definition) is 1. The highest BCUT2D eigenvalue weighted by Crippen LogP contribution is 2.31. The van der Waals surface area contributed by atoms with Gasteiger partial charge in [0.25, 0.3) is 0 Å². The number of amides is 1. The number of rotatable bonds is 7. The predicted molar refractivity (Wildman–Crippen MR) is 100 cm³/mol. The zero-order valence-corrected chi connectivity index (χ0v) is 16.4. The molecule has 1 fully saturated rings. The SMILES string of the molecule is CCOC(=O)C1(NC(=O)C=C(Br)C(=O)c2ccc(OC)cc2)CCCC1. The summed E-state index contributed by atoms with van der Waals surface area (Å²) in [7, 11) is 1.54. The maximum atomic E-state index is 12.4. The first-order chi connectivity index (χ1) is 12.4. The number of carbonyl (C=O) groups excluding carboxylic acids is 3. The molecule has 1 N–H and O–H groups in total. The fourth-order valence-electron chi connectivity index (χ4n) is 2.96. The molecule has 1 aromatic rings. The van der Waals surface area contributed by atoms with E-state index in [9.17, 15) is 14.4 Å². The van der Waals surface area contributed by atoms with Crippen LogP contribution in [0.25, 0.3) is 0 Å². The second-order valence-electron chi connectivity index (χ2n) is 6.05. The van der Waals surface area contributed by atoms with Gasteiger partial charge in [-0.25, -0.2) is 4.79 Å². The molecule has 0 heterocycles. The lowest BCUT2D eigenvalue weighted by Crippen LogP contribution is -2.53. The normalized spacial score (nSPS) is 16.0. The number of nitrogens with one attached hydrogen (secondary N) is 1. The molecule has 0 unspecified atom stereocenters. The van der Waals surface area contributed by atoms with E-state index in [2.05, 4.69) is 21.2 Å². The van der Waals surface area contributed by atoms with Crippen molar-refractivity contribution in [1.29, 1.82) is 0 Å². The first kappa shape index (κ1) is 20.2. The Hall–Kier alpha value is -2.15. The molecule has 0 saturated heterocycles. The Morgan fingerprint density at radius 2 is 1.81 bits per heavy atom. The summed E-state index contributed by atoms with van der Waals surface area (Å²) in [6.07, 6.45) is 3.92. The van der Waals surface area contributed by atoms with Crippen molar-refractivity contribution in [2.75, 3.05) is 13.7 Å². The van der Waals surface area contributed by atoms with Crippen LogP contribution in [0.2, 0.25) is 0 Å². The van der Waals surface area contributed by atoms with Crippen LogP contribution >= 0.6 is 15.9 Å². The lowest BCUT2D eigenvalue weighted by molar-refractivity contribution is -0.152. The lowest BCUT2D eigenvalue weighted by Gasteiger charge is -2.27. The van der Waals surface area contributed by atoms with Crippen molar-refractivity contribution < 1.29 is 23.9 Å². The minimum absolute atomic E-state index is 0.108. The smallest absolute Gasteiger partial charge is 0.331 e. The molecule has 7 heteroatoms. The van der Waals surface area contributed by atoms with Crippen LogP contribution in [-0.4, -0.2) is 36.9 Å². The van der Waals surface area contributed by atoms with Crippen LogP contribution in [0.4, 0.5) is 0 Å². The van der Waals surface area contributed by atoms with Crippen LogP contribution < -0.4 is 10.1 Å². The van der Waals surface area contributed by atoms with Crippen LogP contribution in [0.5, 0.6) is 5.75 Å². The van der Waals surface area contributed by atoms with E-state index in [0.29, 0.717) is 24.2 Å². The standard InChI is InChI=1S/C19H22BrNO5/c1-3-26-18(24)19(10-4-5-11-19)21-16(22)12-15(20)17(23)13-6-8-14(25-2)9-7-13/h6-9,12H,3-5,10-11H2,1-2H3,(H,21,22). The number of ether oxygens (including phenoxy) is 2. The van der Waals surface area contributed by atoms with Gasteiger partial charge in [0, 0.05) is 11.6 Å². The van der Waals surface area contributed by atoms with Crippen molar-refractivity contribution in [3.05, 3.63) is 40.4 Å². The summed E-state index contributed by atoms with van der Waals surface area (Å²) in [6.45, 7) is 1.98. The van der Waals surface area contributed by atoms with Crippen LogP contribution in [0.15, 0.2) is 34.8 Å². The Kier molecular flexibility index (Phi) is 6.97. The van der Waals surface area contributed by atoms with Gasteiger partial charge in [0.2, 0.25) is 5.91 Å². The molecule has 0 spiro atoms. The van der Waals surface area contributed by atoms with Crippen LogP contribution in [0.1, 0.15) is 43.0 Å². The number of hydrogen-bond acceptors (Lipinski definition) is 5. The Morgan fingerprint density at radius 1 is 1.19 bits per heavy atom. The highest BCUT2D eigenvalue weighted by atomic mass is 79.9. The van der Waals surface area contributed by atoms with Crippen molar-refractivity contribution in [2.45, 2.75) is 38.1 Å². The monoisotopic (exact) mass is 423 g/mol. The van der Waals surface area contributed by atoms with Crippen LogP contribution in [-0.2, 0) is 14.3 Å². The molecule has 1 aliphatic carbocycles.